The molecule has 2 N–H and O–H groups in total. The van der Waals surface area contributed by atoms with E-state index in [0.29, 0.717) is 28.7 Å². The highest BCUT2D eigenvalue weighted by Gasteiger charge is 2.30. The number of anilines is 5. The van der Waals surface area contributed by atoms with Gasteiger partial charge in [0, 0.05) is 62.0 Å². The molecular weight excluding hydrogens is 565 g/mol. The summed E-state index contributed by atoms with van der Waals surface area (Å²) >= 11 is 6.49. The fourth-order valence-corrected chi connectivity index (χ4v) is 7.74. The average molecular weight is 608 g/mol. The first-order valence-corrected chi connectivity index (χ1v) is 18.2. The minimum atomic E-state index is -2.49. The molecule has 3 aromatic rings. The minimum absolute atomic E-state index is 0.405. The number of piperidine rings is 1. The molecule has 1 aromatic heterocycles. The van der Waals surface area contributed by atoms with Gasteiger partial charge in [-0.1, -0.05) is 30.2 Å². The van der Waals surface area contributed by atoms with Gasteiger partial charge in [0.1, 0.15) is 12.2 Å². The van der Waals surface area contributed by atoms with Crippen LogP contribution in [0.1, 0.15) is 43.6 Å². The molecule has 0 bridgehead atoms. The molecule has 0 atom stereocenters. The normalized spacial score (nSPS) is 19.5. The highest BCUT2D eigenvalue weighted by molar-refractivity contribution is 7.70. The number of nitrogens with one attached hydrogen (secondary N) is 2. The number of piperazine rings is 1. The van der Waals surface area contributed by atoms with Crippen molar-refractivity contribution in [2.24, 2.45) is 0 Å². The van der Waals surface area contributed by atoms with Crippen molar-refractivity contribution >= 4 is 52.9 Å². The first kappa shape index (κ1) is 29.4. The zero-order valence-corrected chi connectivity index (χ0v) is 26.7. The van der Waals surface area contributed by atoms with Crippen molar-refractivity contribution in [1.29, 1.82) is 0 Å². The van der Waals surface area contributed by atoms with E-state index < -0.39 is 7.14 Å². The molecule has 2 aromatic carbocycles. The van der Waals surface area contributed by atoms with Gasteiger partial charge in [-0.05, 0) is 87.9 Å². The third-order valence-corrected chi connectivity index (χ3v) is 11.0. The van der Waals surface area contributed by atoms with Gasteiger partial charge in [0.25, 0.3) is 0 Å². The molecule has 2 saturated heterocycles. The lowest BCUT2D eigenvalue weighted by atomic mass is 9.79. The summed E-state index contributed by atoms with van der Waals surface area (Å²) in [5, 5.41) is 7.89. The number of hydrogen-bond donors (Lipinski definition) is 2. The van der Waals surface area contributed by atoms with Crippen LogP contribution in [0.5, 0.6) is 0 Å². The number of likely N-dealkylation sites (N-methyl/N-ethyl adjacent to an activating group) is 1. The Hall–Kier alpha value is -2.64. The highest BCUT2D eigenvalue weighted by atomic mass is 35.5. The average Bonchev–Trinajstić information content (AvgIpc) is 2.94. The van der Waals surface area contributed by atoms with Crippen molar-refractivity contribution in [2.75, 3.05) is 75.2 Å². The van der Waals surface area contributed by atoms with Crippen LogP contribution in [-0.4, -0.2) is 85.5 Å². The topological polar surface area (TPSA) is 76.6 Å². The summed E-state index contributed by atoms with van der Waals surface area (Å²) < 4.78 is 12.9. The Labute approximate surface area is 255 Å². The largest absolute Gasteiger partial charge is 0.371 e. The van der Waals surface area contributed by atoms with E-state index in [4.69, 9.17) is 16.6 Å². The minimum Gasteiger partial charge on any atom is -0.371 e. The molecule has 224 valence electrons. The smallest absolute Gasteiger partial charge is 0.229 e. The van der Waals surface area contributed by atoms with Gasteiger partial charge in [-0.15, -0.1) is 0 Å². The third kappa shape index (κ3) is 6.62. The standard InChI is InChI=1S/C32H43ClN7OP/c1-38-17-19-39(20-18-38)25-13-15-40(16-14-25)29-12-11-24(21-26(29)23-7-6-8-23)35-32-34-22-27(33)31(37-32)36-28-9-4-5-10-30(28)42(2,3)41/h4-5,9-12,21-23,25H,6-8,13-20H2,1-3H3,(H2,34,35,36,37). The summed E-state index contributed by atoms with van der Waals surface area (Å²) in [4.78, 5) is 16.9. The van der Waals surface area contributed by atoms with Crippen LogP contribution < -0.4 is 20.8 Å². The Kier molecular flexibility index (Phi) is 8.78. The van der Waals surface area contributed by atoms with E-state index in [9.17, 15) is 4.57 Å². The number of aromatic nitrogens is 2. The molecule has 0 amide bonds. The molecule has 8 nitrogen and oxygen atoms in total. The van der Waals surface area contributed by atoms with Gasteiger partial charge in [-0.25, -0.2) is 4.98 Å². The number of nitrogens with zero attached hydrogens (tertiary/aromatic N) is 5. The lowest BCUT2D eigenvalue weighted by Gasteiger charge is -2.43. The van der Waals surface area contributed by atoms with Crippen LogP contribution in [0.25, 0.3) is 0 Å². The van der Waals surface area contributed by atoms with E-state index >= 15 is 0 Å². The van der Waals surface area contributed by atoms with Crippen LogP contribution >= 0.6 is 18.7 Å². The summed E-state index contributed by atoms with van der Waals surface area (Å²) in [5.74, 6) is 1.56. The molecule has 0 spiro atoms. The molecule has 6 rings (SSSR count). The fraction of sp³-hybridized carbons (Fsp3) is 0.500. The molecular formula is C32H43ClN7OP. The Morgan fingerprint density at radius 2 is 1.67 bits per heavy atom. The van der Waals surface area contributed by atoms with Crippen LogP contribution in [0, 0.1) is 0 Å². The van der Waals surface area contributed by atoms with Crippen LogP contribution in [0.2, 0.25) is 5.02 Å². The second-order valence-corrected chi connectivity index (χ2v) is 16.1. The van der Waals surface area contributed by atoms with E-state index in [1.165, 1.54) is 69.5 Å². The number of benzene rings is 2. The van der Waals surface area contributed by atoms with E-state index in [1.807, 2.05) is 24.3 Å². The van der Waals surface area contributed by atoms with E-state index in [2.05, 4.69) is 55.6 Å². The monoisotopic (exact) mass is 607 g/mol. The second kappa shape index (κ2) is 12.5. The maximum atomic E-state index is 12.9. The molecule has 2 aliphatic heterocycles. The molecule has 10 heteroatoms. The van der Waals surface area contributed by atoms with Crippen molar-refractivity contribution < 1.29 is 4.57 Å². The van der Waals surface area contributed by atoms with E-state index in [0.717, 1.165) is 29.8 Å². The fourth-order valence-electron chi connectivity index (χ4n) is 6.45. The molecule has 3 heterocycles. The van der Waals surface area contributed by atoms with Gasteiger partial charge in [-0.3, -0.25) is 4.90 Å². The van der Waals surface area contributed by atoms with E-state index in [-0.39, 0.29) is 0 Å². The maximum Gasteiger partial charge on any atom is 0.229 e. The van der Waals surface area contributed by atoms with Crippen molar-refractivity contribution in [3.05, 3.63) is 59.2 Å². The number of hydrogen-bond acceptors (Lipinski definition) is 8. The Balaban J connectivity index is 1.17. The van der Waals surface area contributed by atoms with Crippen LogP contribution in [-0.2, 0) is 4.57 Å². The Morgan fingerprint density at radius 3 is 2.36 bits per heavy atom. The second-order valence-electron chi connectivity index (χ2n) is 12.5. The summed E-state index contributed by atoms with van der Waals surface area (Å²) in [7, 11) is -0.260. The van der Waals surface area contributed by atoms with Crippen molar-refractivity contribution in [3.8, 4) is 0 Å². The summed E-state index contributed by atoms with van der Waals surface area (Å²) in [6.07, 6.45) is 7.86. The predicted octanol–water partition coefficient (Wildman–Crippen LogP) is 6.35. The molecule has 42 heavy (non-hydrogen) atoms. The van der Waals surface area contributed by atoms with Gasteiger partial charge < -0.3 is 25.0 Å². The zero-order chi connectivity index (χ0) is 29.3. The van der Waals surface area contributed by atoms with Gasteiger partial charge in [-0.2, -0.15) is 4.98 Å². The molecule has 3 aliphatic rings. The summed E-state index contributed by atoms with van der Waals surface area (Å²) in [6, 6.07) is 15.0. The van der Waals surface area contributed by atoms with Crippen molar-refractivity contribution in [3.63, 3.8) is 0 Å². The van der Waals surface area contributed by atoms with Gasteiger partial charge >= 0.3 is 0 Å². The van der Waals surface area contributed by atoms with Crippen LogP contribution in [0.4, 0.5) is 28.8 Å². The zero-order valence-electron chi connectivity index (χ0n) is 25.0. The Morgan fingerprint density at radius 1 is 0.929 bits per heavy atom. The maximum absolute atomic E-state index is 12.9. The van der Waals surface area contributed by atoms with Crippen LogP contribution in [0.3, 0.4) is 0 Å². The number of para-hydroxylation sites is 1. The molecule has 0 unspecified atom stereocenters. The highest BCUT2D eigenvalue weighted by Crippen LogP contribution is 2.43. The van der Waals surface area contributed by atoms with Crippen LogP contribution in [0.15, 0.2) is 48.7 Å². The molecule has 1 aliphatic carbocycles. The lowest BCUT2D eigenvalue weighted by Crippen LogP contribution is -2.52. The van der Waals surface area contributed by atoms with Gasteiger partial charge in [0.05, 0.1) is 11.9 Å². The number of rotatable bonds is 8. The SMILES string of the molecule is CN1CCN(C2CCN(c3ccc(Nc4ncc(Cl)c(Nc5ccccc5P(C)(C)=O)n4)cc3C3CCC3)CC2)CC1. The summed E-state index contributed by atoms with van der Waals surface area (Å²) in [6.45, 7) is 10.5. The Bertz CT molecular complexity index is 1440. The lowest BCUT2D eigenvalue weighted by molar-refractivity contribution is 0.0981. The van der Waals surface area contributed by atoms with Gasteiger partial charge in [0.15, 0.2) is 5.82 Å². The molecule has 1 saturated carbocycles. The first-order valence-electron chi connectivity index (χ1n) is 15.3. The summed E-state index contributed by atoms with van der Waals surface area (Å²) in [5.41, 5.74) is 4.55. The number of halogens is 1. The first-order chi connectivity index (χ1) is 20.2. The quantitative estimate of drug-likeness (QED) is 0.287. The van der Waals surface area contributed by atoms with Gasteiger partial charge in [0.2, 0.25) is 5.95 Å². The third-order valence-electron chi connectivity index (χ3n) is 9.17. The van der Waals surface area contributed by atoms with Crippen molar-refractivity contribution in [1.82, 2.24) is 19.8 Å². The van der Waals surface area contributed by atoms with E-state index in [1.54, 1.807) is 19.5 Å². The molecule has 3 fully saturated rings. The molecule has 0 radical (unpaired) electrons. The van der Waals surface area contributed by atoms with Crippen molar-refractivity contribution in [2.45, 2.75) is 44.1 Å². The predicted molar refractivity (Wildman–Crippen MR) is 176 cm³/mol.